The Balaban J connectivity index is 2.26. The predicted octanol–water partition coefficient (Wildman–Crippen LogP) is 2.38. The van der Waals surface area contributed by atoms with Crippen molar-refractivity contribution in [2.24, 2.45) is 0 Å². The van der Waals surface area contributed by atoms with E-state index in [9.17, 15) is 9.18 Å². The minimum Gasteiger partial charge on any atom is -0.478 e. The molecular formula is C13H16FNO2. The van der Waals surface area contributed by atoms with E-state index in [1.54, 1.807) is 6.07 Å². The number of halogens is 1. The van der Waals surface area contributed by atoms with Crippen LogP contribution in [0.1, 0.15) is 41.6 Å². The Bertz CT molecular complexity index is 433. The number of rotatable bonds is 2. The van der Waals surface area contributed by atoms with Crippen molar-refractivity contribution in [3.05, 3.63) is 35.1 Å². The van der Waals surface area contributed by atoms with Crippen LogP contribution in [0.15, 0.2) is 18.2 Å². The van der Waals surface area contributed by atoms with Crippen molar-refractivity contribution in [1.29, 1.82) is 0 Å². The van der Waals surface area contributed by atoms with Gasteiger partial charge in [0.15, 0.2) is 0 Å². The molecule has 0 spiro atoms. The minimum absolute atomic E-state index is 0.228. The molecule has 2 atom stereocenters. The summed E-state index contributed by atoms with van der Waals surface area (Å²) in [6, 6.07) is 4.85. The summed E-state index contributed by atoms with van der Waals surface area (Å²) in [5.41, 5.74) is 0.700. The number of carboxylic acid groups (broad SMARTS) is 1. The topological polar surface area (TPSA) is 49.3 Å². The molecule has 1 heterocycles. The lowest BCUT2D eigenvalue weighted by molar-refractivity contribution is 0.0691. The number of piperidine rings is 1. The van der Waals surface area contributed by atoms with Gasteiger partial charge in [0.2, 0.25) is 0 Å². The number of benzene rings is 1. The summed E-state index contributed by atoms with van der Waals surface area (Å²) in [6.45, 7) is 3.03. The van der Waals surface area contributed by atoms with E-state index in [2.05, 4.69) is 12.2 Å². The van der Waals surface area contributed by atoms with Gasteiger partial charge in [0.05, 0.1) is 5.56 Å². The summed E-state index contributed by atoms with van der Waals surface area (Å²) in [5.74, 6) is -1.54. The number of hydrogen-bond acceptors (Lipinski definition) is 2. The first-order chi connectivity index (χ1) is 8.08. The van der Waals surface area contributed by atoms with Crippen molar-refractivity contribution < 1.29 is 14.3 Å². The van der Waals surface area contributed by atoms with Crippen molar-refractivity contribution in [2.45, 2.75) is 31.7 Å². The van der Waals surface area contributed by atoms with Gasteiger partial charge in [0.25, 0.3) is 0 Å². The lowest BCUT2D eigenvalue weighted by Crippen LogP contribution is -2.34. The highest BCUT2D eigenvalue weighted by molar-refractivity contribution is 5.88. The number of aromatic carboxylic acids is 1. The van der Waals surface area contributed by atoms with Crippen molar-refractivity contribution >= 4 is 5.97 Å². The third-order valence-corrected chi connectivity index (χ3v) is 3.32. The van der Waals surface area contributed by atoms with Gasteiger partial charge in [0.1, 0.15) is 5.82 Å². The van der Waals surface area contributed by atoms with Crippen LogP contribution in [-0.4, -0.2) is 23.7 Å². The van der Waals surface area contributed by atoms with E-state index in [0.29, 0.717) is 12.0 Å². The summed E-state index contributed by atoms with van der Waals surface area (Å²) in [5, 5.41) is 12.2. The van der Waals surface area contributed by atoms with E-state index in [0.717, 1.165) is 24.9 Å². The molecule has 1 aromatic rings. The predicted molar refractivity (Wildman–Crippen MR) is 62.8 cm³/mol. The molecule has 0 bridgehead atoms. The molecule has 0 radical (unpaired) electrons. The average Bonchev–Trinajstić information content (AvgIpc) is 2.29. The number of hydrogen-bond donors (Lipinski definition) is 2. The third kappa shape index (κ3) is 2.64. The Kier molecular flexibility index (Phi) is 3.43. The van der Waals surface area contributed by atoms with Gasteiger partial charge in [-0.2, -0.15) is 0 Å². The maximum atomic E-state index is 13.3. The zero-order valence-electron chi connectivity index (χ0n) is 9.74. The van der Waals surface area contributed by atoms with E-state index in [1.807, 2.05) is 0 Å². The maximum absolute atomic E-state index is 13.3. The highest BCUT2D eigenvalue weighted by Crippen LogP contribution is 2.28. The summed E-state index contributed by atoms with van der Waals surface area (Å²) in [4.78, 5) is 10.9. The molecule has 0 aromatic heterocycles. The second-order valence-electron chi connectivity index (χ2n) is 4.62. The van der Waals surface area contributed by atoms with E-state index < -0.39 is 11.8 Å². The first kappa shape index (κ1) is 12.0. The van der Waals surface area contributed by atoms with Gasteiger partial charge in [-0.3, -0.25) is 0 Å². The average molecular weight is 237 g/mol. The minimum atomic E-state index is -1.20. The standard InChI is InChI=1S/C13H16FNO2/c1-8-6-10(4-5-15-8)9-2-3-12(14)11(7-9)13(16)17/h2-3,7-8,10,15H,4-6H2,1H3,(H,16,17)/t8-,10-/m0/s1. The number of nitrogens with one attached hydrogen (secondary N) is 1. The van der Waals surface area contributed by atoms with Crippen LogP contribution in [0.25, 0.3) is 0 Å². The van der Waals surface area contributed by atoms with Gasteiger partial charge in [-0.05, 0) is 49.9 Å². The van der Waals surface area contributed by atoms with Crippen LogP contribution >= 0.6 is 0 Å². The molecule has 1 aliphatic rings. The Morgan fingerprint density at radius 2 is 2.29 bits per heavy atom. The largest absolute Gasteiger partial charge is 0.478 e. The zero-order valence-corrected chi connectivity index (χ0v) is 9.74. The highest BCUT2D eigenvalue weighted by atomic mass is 19.1. The molecule has 17 heavy (non-hydrogen) atoms. The fourth-order valence-electron chi connectivity index (χ4n) is 2.40. The van der Waals surface area contributed by atoms with Crippen LogP contribution in [0.5, 0.6) is 0 Å². The quantitative estimate of drug-likeness (QED) is 0.830. The van der Waals surface area contributed by atoms with Crippen molar-refractivity contribution in [1.82, 2.24) is 5.32 Å². The molecule has 0 unspecified atom stereocenters. The Labute approximate surface area is 99.7 Å². The first-order valence-corrected chi connectivity index (χ1v) is 5.84. The first-order valence-electron chi connectivity index (χ1n) is 5.84. The zero-order chi connectivity index (χ0) is 12.4. The van der Waals surface area contributed by atoms with E-state index in [1.165, 1.54) is 12.1 Å². The lowest BCUT2D eigenvalue weighted by atomic mass is 9.86. The lowest BCUT2D eigenvalue weighted by Gasteiger charge is -2.28. The molecule has 1 aliphatic heterocycles. The molecule has 4 heteroatoms. The third-order valence-electron chi connectivity index (χ3n) is 3.32. The summed E-state index contributed by atoms with van der Waals surface area (Å²) < 4.78 is 13.3. The van der Waals surface area contributed by atoms with Gasteiger partial charge >= 0.3 is 5.97 Å². The normalized spacial score (nSPS) is 24.6. The molecular weight excluding hydrogens is 221 g/mol. The molecule has 2 N–H and O–H groups in total. The van der Waals surface area contributed by atoms with Crippen molar-refractivity contribution in [3.63, 3.8) is 0 Å². The second-order valence-corrected chi connectivity index (χ2v) is 4.62. The number of carbonyl (C=O) groups is 1. The van der Waals surface area contributed by atoms with Crippen LogP contribution in [-0.2, 0) is 0 Å². The van der Waals surface area contributed by atoms with Gasteiger partial charge in [-0.15, -0.1) is 0 Å². The Morgan fingerprint density at radius 3 is 2.94 bits per heavy atom. The number of carboxylic acids is 1. The van der Waals surface area contributed by atoms with Gasteiger partial charge in [-0.1, -0.05) is 6.07 Å². The Morgan fingerprint density at radius 1 is 1.53 bits per heavy atom. The van der Waals surface area contributed by atoms with E-state index in [4.69, 9.17) is 5.11 Å². The summed E-state index contributed by atoms with van der Waals surface area (Å²) in [7, 11) is 0. The summed E-state index contributed by atoms with van der Waals surface area (Å²) >= 11 is 0. The molecule has 92 valence electrons. The van der Waals surface area contributed by atoms with Crippen LogP contribution in [0.3, 0.4) is 0 Å². The molecule has 0 aliphatic carbocycles. The fourth-order valence-corrected chi connectivity index (χ4v) is 2.40. The van der Waals surface area contributed by atoms with E-state index >= 15 is 0 Å². The molecule has 1 saturated heterocycles. The summed E-state index contributed by atoms with van der Waals surface area (Å²) in [6.07, 6.45) is 1.93. The van der Waals surface area contributed by atoms with Crippen LogP contribution in [0.4, 0.5) is 4.39 Å². The van der Waals surface area contributed by atoms with Gasteiger partial charge in [0, 0.05) is 6.04 Å². The smallest absolute Gasteiger partial charge is 0.338 e. The van der Waals surface area contributed by atoms with Gasteiger partial charge < -0.3 is 10.4 Å². The van der Waals surface area contributed by atoms with Crippen molar-refractivity contribution in [2.75, 3.05) is 6.54 Å². The second kappa shape index (κ2) is 4.84. The highest BCUT2D eigenvalue weighted by Gasteiger charge is 2.21. The molecule has 2 rings (SSSR count). The van der Waals surface area contributed by atoms with Crippen LogP contribution < -0.4 is 5.32 Å². The van der Waals surface area contributed by atoms with Crippen molar-refractivity contribution in [3.8, 4) is 0 Å². The van der Waals surface area contributed by atoms with Gasteiger partial charge in [-0.25, -0.2) is 9.18 Å². The fraction of sp³-hybridized carbons (Fsp3) is 0.462. The van der Waals surface area contributed by atoms with Crippen LogP contribution in [0.2, 0.25) is 0 Å². The maximum Gasteiger partial charge on any atom is 0.338 e. The molecule has 0 saturated carbocycles. The molecule has 1 aromatic carbocycles. The molecule has 1 fully saturated rings. The van der Waals surface area contributed by atoms with E-state index in [-0.39, 0.29) is 5.56 Å². The molecule has 3 nitrogen and oxygen atoms in total. The molecule has 0 amide bonds. The SMILES string of the molecule is C[C@H]1C[C@@H](c2ccc(F)c(C(=O)O)c2)CCN1. The Hall–Kier alpha value is -1.42. The monoisotopic (exact) mass is 237 g/mol. The van der Waals surface area contributed by atoms with Crippen LogP contribution in [0, 0.1) is 5.82 Å².